The lowest BCUT2D eigenvalue weighted by atomic mass is 10.1. The van der Waals surface area contributed by atoms with Crippen molar-refractivity contribution >= 4 is 22.6 Å². The molecule has 1 aromatic heterocycles. The smallest absolute Gasteiger partial charge is 0.321 e. The highest BCUT2D eigenvalue weighted by atomic mass is 16.6. The first kappa shape index (κ1) is 16.6. The van der Waals surface area contributed by atoms with Crippen molar-refractivity contribution in [2.24, 2.45) is 5.73 Å². The van der Waals surface area contributed by atoms with Crippen molar-refractivity contribution in [1.82, 2.24) is 9.78 Å². The summed E-state index contributed by atoms with van der Waals surface area (Å²) < 4.78 is 7.88. The Bertz CT molecular complexity index is 908. The highest BCUT2D eigenvalue weighted by Crippen LogP contribution is 2.43. The molecule has 6 heteroatoms. The van der Waals surface area contributed by atoms with Gasteiger partial charge in [0.1, 0.15) is 6.04 Å². The number of carbonyl (C=O) groups excluding carboxylic acids is 1. The fourth-order valence-electron chi connectivity index (χ4n) is 3.82. The van der Waals surface area contributed by atoms with Crippen molar-refractivity contribution < 1.29 is 9.53 Å². The number of aromatic nitrogens is 2. The molecule has 0 aliphatic heterocycles. The van der Waals surface area contributed by atoms with Crippen LogP contribution < -0.4 is 11.1 Å². The van der Waals surface area contributed by atoms with E-state index in [0.29, 0.717) is 6.42 Å². The zero-order chi connectivity index (χ0) is 18.0. The van der Waals surface area contributed by atoms with Crippen LogP contribution in [0.5, 0.6) is 0 Å². The zero-order valence-corrected chi connectivity index (χ0v) is 14.5. The number of esters is 1. The van der Waals surface area contributed by atoms with Gasteiger partial charge in [-0.3, -0.25) is 9.48 Å². The Kier molecular flexibility index (Phi) is 4.34. The third-order valence-electron chi connectivity index (χ3n) is 4.96. The number of nitrogens with zero attached hydrogens (tertiary/aromatic N) is 2. The average Bonchev–Trinajstić information content (AvgIpc) is 3.26. The second kappa shape index (κ2) is 6.80. The third kappa shape index (κ3) is 2.93. The number of rotatable bonds is 5. The van der Waals surface area contributed by atoms with Crippen LogP contribution in [0.15, 0.2) is 60.8 Å². The molecular formula is C20H22N4O2. The quantitative estimate of drug-likeness (QED) is 0.546. The number of nitrogens with two attached hydrogens (primary N) is 1. The second-order valence-corrected chi connectivity index (χ2v) is 6.61. The van der Waals surface area contributed by atoms with Crippen molar-refractivity contribution in [3.8, 4) is 0 Å². The van der Waals surface area contributed by atoms with E-state index in [-0.39, 0.29) is 12.6 Å². The van der Waals surface area contributed by atoms with E-state index in [1.165, 1.54) is 0 Å². The molecule has 1 heterocycles. The minimum Gasteiger partial charge on any atom is -0.436 e. The third-order valence-corrected chi connectivity index (χ3v) is 4.96. The lowest BCUT2D eigenvalue weighted by Gasteiger charge is -2.37. The Hall–Kier alpha value is -2.86. The number of hydrogen-bond acceptors (Lipinski definition) is 5. The van der Waals surface area contributed by atoms with Gasteiger partial charge in [0, 0.05) is 17.5 Å². The van der Waals surface area contributed by atoms with E-state index in [2.05, 4.69) is 10.4 Å². The molecule has 3 aromatic rings. The van der Waals surface area contributed by atoms with Gasteiger partial charge in [0.2, 0.25) is 5.72 Å². The number of hydrogen-bond donors (Lipinski definition) is 2. The summed E-state index contributed by atoms with van der Waals surface area (Å²) in [4.78, 5) is 12.1. The van der Waals surface area contributed by atoms with E-state index in [0.717, 1.165) is 29.4 Å². The van der Waals surface area contributed by atoms with Crippen molar-refractivity contribution in [1.29, 1.82) is 0 Å². The van der Waals surface area contributed by atoms with Gasteiger partial charge in [-0.05, 0) is 31.0 Å². The summed E-state index contributed by atoms with van der Waals surface area (Å²) >= 11 is 0. The first-order valence-electron chi connectivity index (χ1n) is 8.89. The maximum absolute atomic E-state index is 12.1. The van der Waals surface area contributed by atoms with Gasteiger partial charge < -0.3 is 15.8 Å². The largest absolute Gasteiger partial charge is 0.436 e. The Morgan fingerprint density at radius 1 is 1.23 bits per heavy atom. The van der Waals surface area contributed by atoms with Gasteiger partial charge in [-0.1, -0.05) is 36.4 Å². The molecule has 2 atom stereocenters. The summed E-state index contributed by atoms with van der Waals surface area (Å²) in [5.41, 5.74) is 6.60. The molecular weight excluding hydrogens is 328 g/mol. The van der Waals surface area contributed by atoms with Crippen LogP contribution in [-0.4, -0.2) is 28.0 Å². The molecule has 1 aliphatic rings. The van der Waals surface area contributed by atoms with Gasteiger partial charge in [0.15, 0.2) is 0 Å². The van der Waals surface area contributed by atoms with E-state index in [4.69, 9.17) is 10.5 Å². The van der Waals surface area contributed by atoms with Crippen LogP contribution >= 0.6 is 0 Å². The lowest BCUT2D eigenvalue weighted by molar-refractivity contribution is -0.158. The molecule has 2 aromatic carbocycles. The normalized spacial score (nSPS) is 22.4. The summed E-state index contributed by atoms with van der Waals surface area (Å²) in [5, 5.41) is 9.13. The molecule has 3 N–H and O–H groups in total. The zero-order valence-electron chi connectivity index (χ0n) is 14.5. The Labute approximate surface area is 151 Å². The van der Waals surface area contributed by atoms with Gasteiger partial charge in [0.05, 0.1) is 18.3 Å². The van der Waals surface area contributed by atoms with Crippen molar-refractivity contribution in [2.45, 2.75) is 31.0 Å². The standard InChI is InChI=1S/C20H22N4O2/c21-13-19(25)26-20(23-16-8-2-1-3-9-16)12-6-11-18(20)24-17-10-5-4-7-15(17)14-22-24/h1-5,7-10,14,18,23H,6,11-13,21H2. The molecule has 1 saturated carbocycles. The van der Waals surface area contributed by atoms with Crippen LogP contribution in [-0.2, 0) is 9.53 Å². The summed E-state index contributed by atoms with van der Waals surface area (Å²) in [7, 11) is 0. The van der Waals surface area contributed by atoms with Crippen LogP contribution in [0.3, 0.4) is 0 Å². The van der Waals surface area contributed by atoms with Crippen LogP contribution in [0.1, 0.15) is 25.3 Å². The van der Waals surface area contributed by atoms with Gasteiger partial charge in [-0.25, -0.2) is 0 Å². The molecule has 1 fully saturated rings. The van der Waals surface area contributed by atoms with E-state index in [9.17, 15) is 4.79 Å². The van der Waals surface area contributed by atoms with Gasteiger partial charge >= 0.3 is 5.97 Å². The Balaban J connectivity index is 1.77. The summed E-state index contributed by atoms with van der Waals surface area (Å²) in [6, 6.07) is 17.7. The fraction of sp³-hybridized carbons (Fsp3) is 0.300. The Morgan fingerprint density at radius 3 is 2.81 bits per heavy atom. The lowest BCUT2D eigenvalue weighted by Crippen LogP contribution is -2.48. The molecule has 0 saturated heterocycles. The van der Waals surface area contributed by atoms with Crippen LogP contribution in [0.2, 0.25) is 0 Å². The molecule has 26 heavy (non-hydrogen) atoms. The fourth-order valence-corrected chi connectivity index (χ4v) is 3.82. The maximum Gasteiger partial charge on any atom is 0.321 e. The predicted molar refractivity (Wildman–Crippen MR) is 101 cm³/mol. The van der Waals surface area contributed by atoms with E-state index in [1.54, 1.807) is 0 Å². The molecule has 134 valence electrons. The number of carbonyl (C=O) groups is 1. The Morgan fingerprint density at radius 2 is 2.00 bits per heavy atom. The number of anilines is 1. The molecule has 0 spiro atoms. The summed E-state index contributed by atoms with van der Waals surface area (Å²) in [5.74, 6) is -0.420. The highest BCUT2D eigenvalue weighted by molar-refractivity contribution is 5.78. The topological polar surface area (TPSA) is 82.2 Å². The predicted octanol–water partition coefficient (Wildman–Crippen LogP) is 3.07. The molecule has 2 unspecified atom stereocenters. The van der Waals surface area contributed by atoms with Crippen molar-refractivity contribution in [3.05, 3.63) is 60.8 Å². The number of fused-ring (bicyclic) bond motifs is 1. The molecule has 6 nitrogen and oxygen atoms in total. The van der Waals surface area contributed by atoms with Crippen LogP contribution in [0, 0.1) is 0 Å². The average molecular weight is 350 g/mol. The minimum atomic E-state index is -0.868. The SMILES string of the molecule is NCC(=O)OC1(Nc2ccccc2)CCCC1n1ncc2ccccc21. The number of para-hydroxylation sites is 2. The second-order valence-electron chi connectivity index (χ2n) is 6.61. The molecule has 0 amide bonds. The van der Waals surface area contributed by atoms with E-state index < -0.39 is 11.7 Å². The van der Waals surface area contributed by atoms with Crippen LogP contribution in [0.4, 0.5) is 5.69 Å². The molecule has 4 rings (SSSR count). The number of benzene rings is 2. The van der Waals surface area contributed by atoms with Gasteiger partial charge in [-0.15, -0.1) is 0 Å². The summed E-state index contributed by atoms with van der Waals surface area (Å²) in [6.07, 6.45) is 4.35. The van der Waals surface area contributed by atoms with Gasteiger partial charge in [-0.2, -0.15) is 5.10 Å². The first-order valence-corrected chi connectivity index (χ1v) is 8.89. The molecule has 0 radical (unpaired) electrons. The van der Waals surface area contributed by atoms with E-state index >= 15 is 0 Å². The van der Waals surface area contributed by atoms with Gasteiger partial charge in [0.25, 0.3) is 0 Å². The number of nitrogens with one attached hydrogen (secondary N) is 1. The molecule has 0 bridgehead atoms. The van der Waals surface area contributed by atoms with Crippen molar-refractivity contribution in [2.75, 3.05) is 11.9 Å². The van der Waals surface area contributed by atoms with Crippen LogP contribution in [0.25, 0.3) is 10.9 Å². The molecule has 1 aliphatic carbocycles. The highest BCUT2D eigenvalue weighted by Gasteiger charge is 2.48. The maximum atomic E-state index is 12.1. The summed E-state index contributed by atoms with van der Waals surface area (Å²) in [6.45, 7) is -0.148. The van der Waals surface area contributed by atoms with E-state index in [1.807, 2.05) is 65.5 Å². The van der Waals surface area contributed by atoms with Crippen molar-refractivity contribution in [3.63, 3.8) is 0 Å². The minimum absolute atomic E-state index is 0.113. The monoisotopic (exact) mass is 350 g/mol. The first-order chi connectivity index (χ1) is 12.7. The number of ether oxygens (including phenoxy) is 1.